The summed E-state index contributed by atoms with van der Waals surface area (Å²) in [4.78, 5) is 2.49. The third kappa shape index (κ3) is 2.96. The van der Waals surface area contributed by atoms with Gasteiger partial charge in [0.25, 0.3) is 0 Å². The molecule has 1 aromatic rings. The standard InChI is InChI=1S/C15H23BrN2O/c1-10-11(2)15(19-4)13(12(3)14(10)16)9-18-7-5-17-6-8-18/h17H,5-9H2,1-4H3. The van der Waals surface area contributed by atoms with Gasteiger partial charge in [0.1, 0.15) is 5.75 Å². The monoisotopic (exact) mass is 326 g/mol. The minimum atomic E-state index is 0.969. The molecule has 1 saturated heterocycles. The first-order chi connectivity index (χ1) is 9.06. The van der Waals surface area contributed by atoms with Crippen LogP contribution in [0.2, 0.25) is 0 Å². The molecule has 19 heavy (non-hydrogen) atoms. The van der Waals surface area contributed by atoms with E-state index in [1.54, 1.807) is 7.11 Å². The molecule has 3 nitrogen and oxygen atoms in total. The molecule has 0 aromatic heterocycles. The summed E-state index contributed by atoms with van der Waals surface area (Å²) in [5.74, 6) is 1.05. The highest BCUT2D eigenvalue weighted by Crippen LogP contribution is 2.36. The number of ether oxygens (including phenoxy) is 1. The lowest BCUT2D eigenvalue weighted by atomic mass is 9.98. The van der Waals surface area contributed by atoms with Crippen molar-refractivity contribution >= 4 is 15.9 Å². The van der Waals surface area contributed by atoms with Crippen molar-refractivity contribution in [2.24, 2.45) is 0 Å². The second kappa shape index (κ2) is 6.25. The third-order valence-electron chi connectivity index (χ3n) is 4.08. The van der Waals surface area contributed by atoms with Gasteiger partial charge in [-0.25, -0.2) is 0 Å². The summed E-state index contributed by atoms with van der Waals surface area (Å²) in [6, 6.07) is 0. The number of benzene rings is 1. The highest BCUT2D eigenvalue weighted by Gasteiger charge is 2.19. The molecule has 0 radical (unpaired) electrons. The molecule has 1 aliphatic heterocycles. The Bertz CT molecular complexity index is 468. The van der Waals surface area contributed by atoms with Crippen molar-refractivity contribution in [3.63, 3.8) is 0 Å². The minimum Gasteiger partial charge on any atom is -0.496 e. The van der Waals surface area contributed by atoms with E-state index < -0.39 is 0 Å². The average Bonchev–Trinajstić information content (AvgIpc) is 2.44. The minimum absolute atomic E-state index is 0.969. The molecule has 1 aliphatic rings. The Hall–Kier alpha value is -0.580. The van der Waals surface area contributed by atoms with Gasteiger partial charge in [-0.15, -0.1) is 0 Å². The van der Waals surface area contributed by atoms with Gasteiger partial charge in [0.2, 0.25) is 0 Å². The van der Waals surface area contributed by atoms with Crippen molar-refractivity contribution in [1.29, 1.82) is 0 Å². The van der Waals surface area contributed by atoms with Crippen LogP contribution in [0, 0.1) is 20.8 Å². The van der Waals surface area contributed by atoms with Crippen LogP contribution in [0.15, 0.2) is 4.47 Å². The maximum Gasteiger partial charge on any atom is 0.126 e. The first-order valence-corrected chi connectivity index (χ1v) is 7.60. The van der Waals surface area contributed by atoms with Gasteiger partial charge in [-0.1, -0.05) is 15.9 Å². The topological polar surface area (TPSA) is 24.5 Å². The van der Waals surface area contributed by atoms with Crippen LogP contribution in [0.1, 0.15) is 22.3 Å². The average molecular weight is 327 g/mol. The van der Waals surface area contributed by atoms with Gasteiger partial charge >= 0.3 is 0 Å². The Kier molecular flexibility index (Phi) is 4.87. The van der Waals surface area contributed by atoms with Crippen molar-refractivity contribution in [1.82, 2.24) is 10.2 Å². The van der Waals surface area contributed by atoms with Crippen LogP contribution in [0.5, 0.6) is 5.75 Å². The zero-order valence-corrected chi connectivity index (χ0v) is 13.9. The fourth-order valence-electron chi connectivity index (χ4n) is 2.70. The van der Waals surface area contributed by atoms with Crippen LogP contribution in [0.4, 0.5) is 0 Å². The van der Waals surface area contributed by atoms with E-state index in [1.807, 2.05) is 0 Å². The molecule has 0 unspecified atom stereocenters. The summed E-state index contributed by atoms with van der Waals surface area (Å²) in [5, 5.41) is 3.39. The van der Waals surface area contributed by atoms with Crippen LogP contribution in [-0.4, -0.2) is 38.2 Å². The molecule has 0 aliphatic carbocycles. The lowest BCUT2D eigenvalue weighted by Gasteiger charge is -2.29. The Balaban J connectivity index is 2.37. The molecule has 0 spiro atoms. The molecular formula is C15H23BrN2O. The Morgan fingerprint density at radius 2 is 1.74 bits per heavy atom. The van der Waals surface area contributed by atoms with E-state index in [-0.39, 0.29) is 0 Å². The van der Waals surface area contributed by atoms with Crippen molar-refractivity contribution in [3.8, 4) is 5.75 Å². The number of methoxy groups -OCH3 is 1. The Morgan fingerprint density at radius 3 is 2.32 bits per heavy atom. The van der Waals surface area contributed by atoms with E-state index in [9.17, 15) is 0 Å². The van der Waals surface area contributed by atoms with Gasteiger partial charge in [0.05, 0.1) is 7.11 Å². The molecule has 1 heterocycles. The SMILES string of the molecule is COc1c(C)c(C)c(Br)c(C)c1CN1CCNCC1. The van der Waals surface area contributed by atoms with E-state index in [4.69, 9.17) is 4.74 Å². The predicted octanol–water partition coefficient (Wildman–Crippen LogP) is 2.79. The zero-order chi connectivity index (χ0) is 14.0. The van der Waals surface area contributed by atoms with Crippen molar-refractivity contribution < 1.29 is 4.74 Å². The molecule has 1 N–H and O–H groups in total. The van der Waals surface area contributed by atoms with Crippen LogP contribution in [-0.2, 0) is 6.54 Å². The van der Waals surface area contributed by atoms with Crippen molar-refractivity contribution in [2.45, 2.75) is 27.3 Å². The maximum atomic E-state index is 5.67. The first kappa shape index (κ1) is 14.8. The van der Waals surface area contributed by atoms with Crippen LogP contribution in [0.3, 0.4) is 0 Å². The summed E-state index contributed by atoms with van der Waals surface area (Å²) in [6.45, 7) is 11.8. The fraction of sp³-hybridized carbons (Fsp3) is 0.600. The third-order valence-corrected chi connectivity index (χ3v) is 5.27. The molecule has 1 fully saturated rings. The molecule has 1 aromatic carbocycles. The van der Waals surface area contributed by atoms with Crippen molar-refractivity contribution in [2.75, 3.05) is 33.3 Å². The molecule has 0 amide bonds. The molecule has 0 bridgehead atoms. The maximum absolute atomic E-state index is 5.67. The largest absolute Gasteiger partial charge is 0.496 e. The molecule has 4 heteroatoms. The summed E-state index contributed by atoms with van der Waals surface area (Å²) in [5.41, 5.74) is 5.14. The number of piperazine rings is 1. The number of hydrogen-bond donors (Lipinski definition) is 1. The van der Waals surface area contributed by atoms with Gasteiger partial charge in [-0.05, 0) is 37.5 Å². The molecule has 2 rings (SSSR count). The lowest BCUT2D eigenvalue weighted by molar-refractivity contribution is 0.229. The number of halogens is 1. The smallest absolute Gasteiger partial charge is 0.126 e. The van der Waals surface area contributed by atoms with E-state index >= 15 is 0 Å². The van der Waals surface area contributed by atoms with Crippen LogP contribution in [0.25, 0.3) is 0 Å². The normalized spacial score (nSPS) is 16.7. The molecule has 0 saturated carbocycles. The number of hydrogen-bond acceptors (Lipinski definition) is 3. The molecule has 0 atom stereocenters. The van der Waals surface area contributed by atoms with E-state index in [2.05, 4.69) is 46.9 Å². The number of nitrogens with one attached hydrogen (secondary N) is 1. The summed E-state index contributed by atoms with van der Waals surface area (Å²) in [7, 11) is 1.77. The lowest BCUT2D eigenvalue weighted by Crippen LogP contribution is -2.43. The molecular weight excluding hydrogens is 304 g/mol. The summed E-state index contributed by atoms with van der Waals surface area (Å²) >= 11 is 3.72. The second-order valence-corrected chi connectivity index (χ2v) is 6.02. The first-order valence-electron chi connectivity index (χ1n) is 6.81. The van der Waals surface area contributed by atoms with Gasteiger partial charge in [0, 0.05) is 42.8 Å². The van der Waals surface area contributed by atoms with Gasteiger partial charge < -0.3 is 10.1 Å². The molecule has 106 valence electrons. The Morgan fingerprint density at radius 1 is 1.11 bits per heavy atom. The van der Waals surface area contributed by atoms with Crippen LogP contribution < -0.4 is 10.1 Å². The van der Waals surface area contributed by atoms with E-state index in [0.717, 1.165) is 38.5 Å². The Labute approximate surface area is 124 Å². The van der Waals surface area contributed by atoms with Gasteiger partial charge in [0.15, 0.2) is 0 Å². The summed E-state index contributed by atoms with van der Waals surface area (Å²) < 4.78 is 6.89. The van der Waals surface area contributed by atoms with Gasteiger partial charge in [-0.3, -0.25) is 4.90 Å². The fourth-order valence-corrected chi connectivity index (χ4v) is 3.24. The highest BCUT2D eigenvalue weighted by atomic mass is 79.9. The van der Waals surface area contributed by atoms with Crippen LogP contribution >= 0.6 is 15.9 Å². The van der Waals surface area contributed by atoms with E-state index in [1.165, 1.54) is 26.7 Å². The van der Waals surface area contributed by atoms with E-state index in [0.29, 0.717) is 0 Å². The zero-order valence-electron chi connectivity index (χ0n) is 12.3. The second-order valence-electron chi connectivity index (χ2n) is 5.23. The highest BCUT2D eigenvalue weighted by molar-refractivity contribution is 9.10. The number of nitrogens with zero attached hydrogens (tertiary/aromatic N) is 1. The predicted molar refractivity (Wildman–Crippen MR) is 83.1 cm³/mol. The van der Waals surface area contributed by atoms with Crippen molar-refractivity contribution in [3.05, 3.63) is 26.7 Å². The quantitative estimate of drug-likeness (QED) is 0.924. The number of rotatable bonds is 3. The summed E-state index contributed by atoms with van der Waals surface area (Å²) in [6.07, 6.45) is 0. The van der Waals surface area contributed by atoms with Gasteiger partial charge in [-0.2, -0.15) is 0 Å².